The second kappa shape index (κ2) is 4.09. The van der Waals surface area contributed by atoms with Gasteiger partial charge in [-0.1, -0.05) is 0 Å². The summed E-state index contributed by atoms with van der Waals surface area (Å²) in [6, 6.07) is 0. The molecule has 0 aromatic heterocycles. The Kier molecular flexibility index (Phi) is 3.31. The van der Waals surface area contributed by atoms with Crippen molar-refractivity contribution in [1.29, 1.82) is 0 Å². The zero-order chi connectivity index (χ0) is 9.90. The quantitative estimate of drug-likeness (QED) is 0.673. The molecule has 1 aliphatic carbocycles. The van der Waals surface area contributed by atoms with E-state index in [9.17, 15) is 4.79 Å². The van der Waals surface area contributed by atoms with Crippen molar-refractivity contribution in [3.05, 3.63) is 0 Å². The van der Waals surface area contributed by atoms with E-state index in [4.69, 9.17) is 5.11 Å². The topological polar surface area (TPSA) is 49.3 Å². The van der Waals surface area contributed by atoms with Crippen molar-refractivity contribution in [2.24, 2.45) is 5.92 Å². The van der Waals surface area contributed by atoms with Crippen LogP contribution in [0, 0.1) is 5.92 Å². The summed E-state index contributed by atoms with van der Waals surface area (Å²) >= 11 is 0. The first-order chi connectivity index (χ1) is 6.06. The number of aliphatic hydroxyl groups excluding tert-OH is 1. The lowest BCUT2D eigenvalue weighted by Crippen LogP contribution is -2.45. The molecule has 0 atom stereocenters. The Morgan fingerprint density at radius 3 is 2.62 bits per heavy atom. The Balaban J connectivity index is 2.25. The Morgan fingerprint density at radius 1 is 1.54 bits per heavy atom. The number of rotatable bonds is 5. The second-order valence-corrected chi connectivity index (χ2v) is 4.37. The van der Waals surface area contributed by atoms with Crippen LogP contribution in [0.4, 0.5) is 0 Å². The number of hydrogen-bond donors (Lipinski definition) is 2. The van der Waals surface area contributed by atoms with Gasteiger partial charge in [-0.2, -0.15) is 0 Å². The molecule has 0 spiro atoms. The highest BCUT2D eigenvalue weighted by molar-refractivity contribution is 5.76. The number of hydrogen-bond acceptors (Lipinski definition) is 2. The molecule has 2 N–H and O–H groups in total. The van der Waals surface area contributed by atoms with Gasteiger partial charge in [-0.05, 0) is 39.0 Å². The summed E-state index contributed by atoms with van der Waals surface area (Å²) in [5.41, 5.74) is -0.0491. The summed E-state index contributed by atoms with van der Waals surface area (Å²) in [5, 5.41) is 11.6. The molecular weight excluding hydrogens is 166 g/mol. The smallest absolute Gasteiger partial charge is 0.220 e. The van der Waals surface area contributed by atoms with E-state index in [1.165, 1.54) is 12.8 Å². The number of nitrogens with one attached hydrogen (secondary N) is 1. The highest BCUT2D eigenvalue weighted by atomic mass is 16.3. The zero-order valence-electron chi connectivity index (χ0n) is 8.47. The van der Waals surface area contributed by atoms with Gasteiger partial charge in [-0.25, -0.2) is 0 Å². The molecule has 0 bridgehead atoms. The monoisotopic (exact) mass is 185 g/mol. The SMILES string of the molecule is CC(C)(NC(=O)CCCO)C1CC1. The van der Waals surface area contributed by atoms with Crippen LogP contribution in [0.25, 0.3) is 0 Å². The zero-order valence-corrected chi connectivity index (χ0v) is 8.47. The molecule has 0 aromatic carbocycles. The van der Waals surface area contributed by atoms with Gasteiger partial charge in [-0.3, -0.25) is 4.79 Å². The van der Waals surface area contributed by atoms with Crippen molar-refractivity contribution in [3.8, 4) is 0 Å². The van der Waals surface area contributed by atoms with Gasteiger partial charge in [0.15, 0.2) is 0 Å². The van der Waals surface area contributed by atoms with Crippen LogP contribution in [0.1, 0.15) is 39.5 Å². The second-order valence-electron chi connectivity index (χ2n) is 4.37. The van der Waals surface area contributed by atoms with Crippen molar-refractivity contribution in [2.75, 3.05) is 6.61 Å². The van der Waals surface area contributed by atoms with Crippen molar-refractivity contribution in [1.82, 2.24) is 5.32 Å². The number of carbonyl (C=O) groups excluding carboxylic acids is 1. The van der Waals surface area contributed by atoms with Gasteiger partial charge in [-0.15, -0.1) is 0 Å². The first kappa shape index (κ1) is 10.5. The van der Waals surface area contributed by atoms with Gasteiger partial charge in [0.05, 0.1) is 0 Å². The first-order valence-electron chi connectivity index (χ1n) is 4.98. The molecule has 3 nitrogen and oxygen atoms in total. The van der Waals surface area contributed by atoms with E-state index in [1.807, 2.05) is 0 Å². The minimum atomic E-state index is -0.0491. The van der Waals surface area contributed by atoms with Crippen LogP contribution in [0.15, 0.2) is 0 Å². The van der Waals surface area contributed by atoms with Gasteiger partial charge in [0, 0.05) is 18.6 Å². The van der Waals surface area contributed by atoms with Crippen LogP contribution >= 0.6 is 0 Å². The molecule has 0 saturated heterocycles. The van der Waals surface area contributed by atoms with E-state index < -0.39 is 0 Å². The number of carbonyl (C=O) groups is 1. The first-order valence-corrected chi connectivity index (χ1v) is 4.98. The van der Waals surface area contributed by atoms with Gasteiger partial charge in [0.2, 0.25) is 5.91 Å². The van der Waals surface area contributed by atoms with E-state index in [2.05, 4.69) is 19.2 Å². The Hall–Kier alpha value is -0.570. The third-order valence-electron chi connectivity index (χ3n) is 2.62. The average molecular weight is 185 g/mol. The standard InChI is InChI=1S/C10H19NO2/c1-10(2,8-5-6-8)11-9(13)4-3-7-12/h8,12H,3-7H2,1-2H3,(H,11,13). The number of aliphatic hydroxyl groups is 1. The summed E-state index contributed by atoms with van der Waals surface area (Å²) in [6.45, 7) is 4.24. The maximum atomic E-state index is 11.3. The van der Waals surface area contributed by atoms with Crippen molar-refractivity contribution in [2.45, 2.75) is 45.1 Å². The molecule has 0 unspecified atom stereocenters. The lowest BCUT2D eigenvalue weighted by atomic mass is 9.98. The van der Waals surface area contributed by atoms with Gasteiger partial charge in [0.1, 0.15) is 0 Å². The van der Waals surface area contributed by atoms with Crippen LogP contribution in [0.3, 0.4) is 0 Å². The fourth-order valence-electron chi connectivity index (χ4n) is 1.57. The lowest BCUT2D eigenvalue weighted by molar-refractivity contribution is -0.123. The third kappa shape index (κ3) is 3.35. The predicted molar refractivity (Wildman–Crippen MR) is 51.3 cm³/mol. The lowest BCUT2D eigenvalue weighted by Gasteiger charge is -2.26. The molecule has 1 saturated carbocycles. The molecule has 0 aromatic rings. The van der Waals surface area contributed by atoms with Crippen LogP contribution in [-0.2, 0) is 4.79 Å². The van der Waals surface area contributed by atoms with Crippen molar-refractivity contribution >= 4 is 5.91 Å². The fourth-order valence-corrected chi connectivity index (χ4v) is 1.57. The van der Waals surface area contributed by atoms with Crippen molar-refractivity contribution in [3.63, 3.8) is 0 Å². The van der Waals surface area contributed by atoms with Crippen LogP contribution < -0.4 is 5.32 Å². The number of amides is 1. The van der Waals surface area contributed by atoms with Gasteiger partial charge >= 0.3 is 0 Å². The Bertz CT molecular complexity index is 185. The van der Waals surface area contributed by atoms with Crippen LogP contribution in [0.2, 0.25) is 0 Å². The summed E-state index contributed by atoms with van der Waals surface area (Å²) < 4.78 is 0. The van der Waals surface area contributed by atoms with Gasteiger partial charge < -0.3 is 10.4 Å². The summed E-state index contributed by atoms with van der Waals surface area (Å²) in [4.78, 5) is 11.3. The average Bonchev–Trinajstić information content (AvgIpc) is 2.81. The fraction of sp³-hybridized carbons (Fsp3) is 0.900. The Labute approximate surface area is 79.5 Å². The maximum Gasteiger partial charge on any atom is 0.220 e. The molecule has 1 amide bonds. The van der Waals surface area contributed by atoms with E-state index in [1.54, 1.807) is 0 Å². The predicted octanol–water partition coefficient (Wildman–Crippen LogP) is 1.06. The van der Waals surface area contributed by atoms with Crippen LogP contribution in [-0.4, -0.2) is 23.2 Å². The minimum absolute atomic E-state index is 0.0491. The molecule has 1 rings (SSSR count). The molecular formula is C10H19NO2. The largest absolute Gasteiger partial charge is 0.396 e. The van der Waals surface area contributed by atoms with Crippen LogP contribution in [0.5, 0.6) is 0 Å². The summed E-state index contributed by atoms with van der Waals surface area (Å²) in [7, 11) is 0. The minimum Gasteiger partial charge on any atom is -0.396 e. The maximum absolute atomic E-state index is 11.3. The molecule has 0 heterocycles. The molecule has 3 heteroatoms. The summed E-state index contributed by atoms with van der Waals surface area (Å²) in [5.74, 6) is 0.719. The van der Waals surface area contributed by atoms with Gasteiger partial charge in [0.25, 0.3) is 0 Å². The third-order valence-corrected chi connectivity index (χ3v) is 2.62. The highest BCUT2D eigenvalue weighted by Gasteiger charge is 2.38. The molecule has 13 heavy (non-hydrogen) atoms. The van der Waals surface area contributed by atoms with E-state index in [-0.39, 0.29) is 18.1 Å². The highest BCUT2D eigenvalue weighted by Crippen LogP contribution is 2.39. The molecule has 0 radical (unpaired) electrons. The normalized spacial score (nSPS) is 17.2. The molecule has 1 aliphatic rings. The summed E-state index contributed by atoms with van der Waals surface area (Å²) in [6.07, 6.45) is 3.46. The molecule has 76 valence electrons. The van der Waals surface area contributed by atoms with E-state index in [0.29, 0.717) is 18.8 Å². The van der Waals surface area contributed by atoms with Crippen molar-refractivity contribution < 1.29 is 9.90 Å². The molecule has 1 fully saturated rings. The van der Waals surface area contributed by atoms with E-state index in [0.717, 1.165) is 0 Å². The molecule has 0 aliphatic heterocycles. The Morgan fingerprint density at radius 2 is 2.15 bits per heavy atom. The van der Waals surface area contributed by atoms with E-state index >= 15 is 0 Å².